The summed E-state index contributed by atoms with van der Waals surface area (Å²) < 4.78 is 11.7. The lowest BCUT2D eigenvalue weighted by Crippen LogP contribution is -2.11. The first-order valence-corrected chi connectivity index (χ1v) is 10.3. The zero-order chi connectivity index (χ0) is 21.6. The fraction of sp³-hybridized carbons (Fsp3) is 0.190. The van der Waals surface area contributed by atoms with Crippen molar-refractivity contribution in [2.24, 2.45) is 0 Å². The van der Waals surface area contributed by atoms with Gasteiger partial charge in [-0.05, 0) is 24.3 Å². The molecule has 0 unspecified atom stereocenters. The number of esters is 1. The zero-order valence-electron chi connectivity index (χ0n) is 16.7. The van der Waals surface area contributed by atoms with Crippen LogP contribution in [0.25, 0.3) is 10.2 Å². The van der Waals surface area contributed by atoms with E-state index < -0.39 is 0 Å². The number of nitrogens with one attached hydrogen (secondary N) is 1. The van der Waals surface area contributed by atoms with E-state index >= 15 is 0 Å². The summed E-state index contributed by atoms with van der Waals surface area (Å²) >= 11 is 1.57. The van der Waals surface area contributed by atoms with Crippen LogP contribution in [0.15, 0.2) is 48.5 Å². The highest BCUT2D eigenvalue weighted by atomic mass is 32.1. The molecule has 0 saturated carbocycles. The number of nitrogens with two attached hydrogens (primary N) is 1. The molecule has 0 saturated heterocycles. The Hall–Kier alpha value is -3.79. The van der Waals surface area contributed by atoms with E-state index in [0.29, 0.717) is 17.9 Å². The maximum absolute atomic E-state index is 12.2. The topological polar surface area (TPSA) is 125 Å². The molecule has 0 aliphatic carbocycles. The molecule has 9 nitrogen and oxygen atoms in total. The van der Waals surface area contributed by atoms with Gasteiger partial charge in [-0.2, -0.15) is 15.0 Å². The molecule has 0 radical (unpaired) electrons. The molecule has 4 aromatic rings. The predicted molar refractivity (Wildman–Crippen MR) is 118 cm³/mol. The quantitative estimate of drug-likeness (QED) is 0.399. The van der Waals surface area contributed by atoms with E-state index in [0.717, 1.165) is 15.2 Å². The average molecular weight is 436 g/mol. The fourth-order valence-electron chi connectivity index (χ4n) is 2.88. The predicted octanol–water partition coefficient (Wildman–Crippen LogP) is 3.49. The number of nitrogens with zero attached hydrogens (tertiary/aromatic N) is 4. The van der Waals surface area contributed by atoms with Gasteiger partial charge >= 0.3 is 5.97 Å². The molecule has 0 aliphatic rings. The SMILES string of the molecule is COc1ccccc1Nc1nc(N)nc(COC(=O)CCc2nc3ccccc3s2)n1. The van der Waals surface area contributed by atoms with Crippen molar-refractivity contribution in [2.75, 3.05) is 18.2 Å². The van der Waals surface area contributed by atoms with E-state index in [1.165, 1.54) is 0 Å². The molecule has 0 fully saturated rings. The summed E-state index contributed by atoms with van der Waals surface area (Å²) in [5, 5.41) is 3.93. The van der Waals surface area contributed by atoms with Crippen LogP contribution in [0, 0.1) is 0 Å². The molecule has 158 valence electrons. The van der Waals surface area contributed by atoms with Crippen molar-refractivity contribution in [1.29, 1.82) is 0 Å². The fourth-order valence-corrected chi connectivity index (χ4v) is 3.85. The number of aryl methyl sites for hydroxylation is 1. The van der Waals surface area contributed by atoms with Gasteiger partial charge in [-0.15, -0.1) is 11.3 Å². The number of ether oxygens (including phenoxy) is 2. The Morgan fingerprint density at radius 2 is 1.87 bits per heavy atom. The van der Waals surface area contributed by atoms with Crippen LogP contribution in [0.2, 0.25) is 0 Å². The number of thiazole rings is 1. The third-order valence-electron chi connectivity index (χ3n) is 4.30. The summed E-state index contributed by atoms with van der Waals surface area (Å²) in [6.45, 7) is -0.105. The highest BCUT2D eigenvalue weighted by molar-refractivity contribution is 7.18. The summed E-state index contributed by atoms with van der Waals surface area (Å²) in [4.78, 5) is 29.1. The number of hydrogen-bond acceptors (Lipinski definition) is 10. The lowest BCUT2D eigenvalue weighted by Gasteiger charge is -2.10. The van der Waals surface area contributed by atoms with E-state index in [1.807, 2.05) is 42.5 Å². The van der Waals surface area contributed by atoms with E-state index in [2.05, 4.69) is 25.3 Å². The molecular weight excluding hydrogens is 416 g/mol. The maximum Gasteiger partial charge on any atom is 0.306 e. The van der Waals surface area contributed by atoms with Gasteiger partial charge in [0.2, 0.25) is 11.9 Å². The summed E-state index contributed by atoms with van der Waals surface area (Å²) in [6.07, 6.45) is 0.727. The Balaban J connectivity index is 1.35. The summed E-state index contributed by atoms with van der Waals surface area (Å²) in [5.41, 5.74) is 7.39. The van der Waals surface area contributed by atoms with Gasteiger partial charge in [0, 0.05) is 6.42 Å². The minimum absolute atomic E-state index is 0.0212. The van der Waals surface area contributed by atoms with Crippen LogP contribution in [0.4, 0.5) is 17.6 Å². The molecule has 2 heterocycles. The Bertz CT molecular complexity index is 1180. The average Bonchev–Trinajstić information content (AvgIpc) is 3.19. The second kappa shape index (κ2) is 9.35. The van der Waals surface area contributed by atoms with Gasteiger partial charge in [0.15, 0.2) is 12.4 Å². The number of carbonyl (C=O) groups excluding carboxylic acids is 1. The monoisotopic (exact) mass is 436 g/mol. The summed E-state index contributed by atoms with van der Waals surface area (Å²) in [6, 6.07) is 15.2. The highest BCUT2D eigenvalue weighted by Gasteiger charge is 2.12. The standard InChI is InChI=1S/C21H20N6O3S/c1-29-15-8-4-2-6-13(15)24-21-26-17(25-20(22)27-21)12-30-19(28)11-10-18-23-14-7-3-5-9-16(14)31-18/h2-9H,10-12H2,1H3,(H3,22,24,25,26,27). The van der Waals surface area contributed by atoms with E-state index in [4.69, 9.17) is 15.2 Å². The molecule has 2 aromatic heterocycles. The number of benzene rings is 2. The molecule has 10 heteroatoms. The molecule has 0 amide bonds. The second-order valence-corrected chi connectivity index (χ2v) is 7.61. The number of aromatic nitrogens is 4. The molecule has 0 aliphatic heterocycles. The molecule has 4 rings (SSSR count). The van der Waals surface area contributed by atoms with Crippen molar-refractivity contribution in [1.82, 2.24) is 19.9 Å². The van der Waals surface area contributed by atoms with Crippen LogP contribution < -0.4 is 15.8 Å². The van der Waals surface area contributed by atoms with Gasteiger partial charge in [0.05, 0.1) is 34.4 Å². The van der Waals surface area contributed by atoms with Gasteiger partial charge < -0.3 is 20.5 Å². The van der Waals surface area contributed by atoms with Gasteiger partial charge in [-0.1, -0.05) is 24.3 Å². The maximum atomic E-state index is 12.2. The number of para-hydroxylation sites is 3. The lowest BCUT2D eigenvalue weighted by atomic mass is 10.3. The molecule has 0 bridgehead atoms. The number of hydrogen-bond donors (Lipinski definition) is 2. The first-order valence-electron chi connectivity index (χ1n) is 9.51. The van der Waals surface area contributed by atoms with Gasteiger partial charge in [-0.25, -0.2) is 4.98 Å². The van der Waals surface area contributed by atoms with Crippen molar-refractivity contribution in [3.8, 4) is 5.75 Å². The van der Waals surface area contributed by atoms with Gasteiger partial charge in [0.1, 0.15) is 5.75 Å². The van der Waals surface area contributed by atoms with Crippen LogP contribution in [0.3, 0.4) is 0 Å². The molecule has 2 aromatic carbocycles. The first kappa shape index (κ1) is 20.5. The van der Waals surface area contributed by atoms with Crippen LogP contribution >= 0.6 is 11.3 Å². The molecular formula is C21H20N6O3S. The molecule has 0 spiro atoms. The largest absolute Gasteiger partial charge is 0.495 e. The number of anilines is 3. The van der Waals surface area contributed by atoms with E-state index in [1.54, 1.807) is 24.5 Å². The zero-order valence-corrected chi connectivity index (χ0v) is 17.6. The third kappa shape index (κ3) is 5.23. The van der Waals surface area contributed by atoms with Gasteiger partial charge in [-0.3, -0.25) is 4.79 Å². The minimum Gasteiger partial charge on any atom is -0.495 e. The van der Waals surface area contributed by atoms with Crippen molar-refractivity contribution >= 4 is 45.1 Å². The van der Waals surface area contributed by atoms with Crippen molar-refractivity contribution in [3.63, 3.8) is 0 Å². The second-order valence-electron chi connectivity index (χ2n) is 6.49. The van der Waals surface area contributed by atoms with Crippen molar-refractivity contribution in [2.45, 2.75) is 19.4 Å². The Kier molecular flexibility index (Phi) is 6.18. The van der Waals surface area contributed by atoms with E-state index in [9.17, 15) is 4.79 Å². The molecule has 0 atom stereocenters. The first-order chi connectivity index (χ1) is 15.1. The minimum atomic E-state index is -0.363. The van der Waals surface area contributed by atoms with Crippen LogP contribution in [-0.2, 0) is 22.6 Å². The third-order valence-corrected chi connectivity index (χ3v) is 5.39. The van der Waals surface area contributed by atoms with Gasteiger partial charge in [0.25, 0.3) is 0 Å². The lowest BCUT2D eigenvalue weighted by molar-refractivity contribution is -0.145. The molecule has 3 N–H and O–H groups in total. The number of rotatable bonds is 8. The number of carbonyl (C=O) groups is 1. The number of methoxy groups -OCH3 is 1. The van der Waals surface area contributed by atoms with E-state index in [-0.39, 0.29) is 36.7 Å². The molecule has 31 heavy (non-hydrogen) atoms. The Morgan fingerprint density at radius 1 is 1.06 bits per heavy atom. The van der Waals surface area contributed by atoms with Crippen molar-refractivity contribution in [3.05, 3.63) is 59.4 Å². The Labute approximate surface area is 182 Å². The van der Waals surface area contributed by atoms with Crippen LogP contribution in [-0.4, -0.2) is 33.0 Å². The smallest absolute Gasteiger partial charge is 0.306 e. The van der Waals surface area contributed by atoms with Crippen LogP contribution in [0.5, 0.6) is 5.75 Å². The summed E-state index contributed by atoms with van der Waals surface area (Å²) in [7, 11) is 1.57. The summed E-state index contributed by atoms with van der Waals surface area (Å²) in [5.74, 6) is 0.769. The normalized spacial score (nSPS) is 10.7. The highest BCUT2D eigenvalue weighted by Crippen LogP contribution is 2.26. The Morgan fingerprint density at radius 3 is 2.71 bits per heavy atom. The van der Waals surface area contributed by atoms with Crippen molar-refractivity contribution < 1.29 is 14.3 Å². The number of nitrogen functional groups attached to an aromatic ring is 1. The van der Waals surface area contributed by atoms with Crippen LogP contribution in [0.1, 0.15) is 17.3 Å². The number of fused-ring (bicyclic) bond motifs is 1.